The fourth-order valence-electron chi connectivity index (χ4n) is 1.18. The van der Waals surface area contributed by atoms with Crippen molar-refractivity contribution < 1.29 is 9.72 Å². The van der Waals surface area contributed by atoms with Crippen molar-refractivity contribution in [1.29, 1.82) is 0 Å². The van der Waals surface area contributed by atoms with Gasteiger partial charge in [0.25, 0.3) is 11.6 Å². The van der Waals surface area contributed by atoms with Crippen molar-refractivity contribution in [2.75, 3.05) is 6.54 Å². The van der Waals surface area contributed by atoms with Crippen LogP contribution in [0.15, 0.2) is 30.9 Å². The number of nitro groups is 1. The molecule has 0 saturated heterocycles. The van der Waals surface area contributed by atoms with Gasteiger partial charge in [0.05, 0.1) is 4.92 Å². The summed E-state index contributed by atoms with van der Waals surface area (Å²) < 4.78 is 0. The predicted molar refractivity (Wildman–Crippen MR) is 76.4 cm³/mol. The number of hydrogen-bond donors (Lipinski definition) is 2. The van der Waals surface area contributed by atoms with E-state index in [9.17, 15) is 14.9 Å². The molecule has 19 heavy (non-hydrogen) atoms. The quantitative estimate of drug-likeness (QED) is 0.385. The maximum Gasteiger partial charge on any atom is 0.288 e. The van der Waals surface area contributed by atoms with Gasteiger partial charge in [-0.05, 0) is 24.4 Å². The number of carbonyl (C=O) groups excluding carboxylic acids is 1. The highest BCUT2D eigenvalue weighted by molar-refractivity contribution is 7.80. The topological polar surface area (TPSA) is 84.3 Å². The fraction of sp³-hybridized carbons (Fsp3) is 0.0909. The van der Waals surface area contributed by atoms with Gasteiger partial charge in [0.1, 0.15) is 5.02 Å². The van der Waals surface area contributed by atoms with Crippen LogP contribution in [0.25, 0.3) is 0 Å². The van der Waals surface area contributed by atoms with Crippen molar-refractivity contribution in [3.8, 4) is 0 Å². The lowest BCUT2D eigenvalue weighted by Crippen LogP contribution is -2.39. The fourth-order valence-corrected chi connectivity index (χ4v) is 1.54. The maximum atomic E-state index is 11.8. The van der Waals surface area contributed by atoms with E-state index in [2.05, 4.69) is 17.2 Å². The highest BCUT2D eigenvalue weighted by Gasteiger charge is 2.16. The predicted octanol–water partition coefficient (Wildman–Crippen LogP) is 2.04. The zero-order valence-corrected chi connectivity index (χ0v) is 11.3. The molecule has 0 heterocycles. The molecule has 0 fully saturated rings. The van der Waals surface area contributed by atoms with Gasteiger partial charge in [-0.25, -0.2) is 0 Å². The molecule has 1 rings (SSSR count). The average molecular weight is 300 g/mol. The first kappa shape index (κ1) is 15.1. The Morgan fingerprint density at radius 2 is 2.26 bits per heavy atom. The highest BCUT2D eigenvalue weighted by Crippen LogP contribution is 2.24. The lowest BCUT2D eigenvalue weighted by molar-refractivity contribution is -0.384. The van der Waals surface area contributed by atoms with Gasteiger partial charge in [-0.3, -0.25) is 20.2 Å². The molecule has 2 N–H and O–H groups in total. The number of rotatable bonds is 4. The van der Waals surface area contributed by atoms with Gasteiger partial charge in [-0.1, -0.05) is 17.7 Å². The minimum atomic E-state index is -0.659. The Kier molecular flexibility index (Phi) is 5.40. The number of thiocarbonyl (C=S) groups is 1. The van der Waals surface area contributed by atoms with E-state index in [4.69, 9.17) is 23.8 Å². The molecule has 0 bridgehead atoms. The van der Waals surface area contributed by atoms with Crippen molar-refractivity contribution in [2.45, 2.75) is 0 Å². The number of hydrogen-bond acceptors (Lipinski definition) is 4. The second-order valence-electron chi connectivity index (χ2n) is 3.38. The van der Waals surface area contributed by atoms with Crippen LogP contribution in [0.2, 0.25) is 5.02 Å². The van der Waals surface area contributed by atoms with Gasteiger partial charge in [0.2, 0.25) is 0 Å². The molecule has 1 aromatic rings. The Labute approximate surface area is 119 Å². The molecule has 8 heteroatoms. The summed E-state index contributed by atoms with van der Waals surface area (Å²) in [7, 11) is 0. The van der Waals surface area contributed by atoms with E-state index < -0.39 is 10.8 Å². The van der Waals surface area contributed by atoms with Crippen molar-refractivity contribution >= 4 is 40.5 Å². The molecule has 0 spiro atoms. The highest BCUT2D eigenvalue weighted by atomic mass is 35.5. The summed E-state index contributed by atoms with van der Waals surface area (Å²) in [5, 5.41) is 15.9. The van der Waals surface area contributed by atoms with Crippen LogP contribution in [0.1, 0.15) is 10.4 Å². The molecular weight excluding hydrogens is 290 g/mol. The molecule has 0 aromatic heterocycles. The number of amides is 1. The first-order chi connectivity index (χ1) is 8.95. The first-order valence-electron chi connectivity index (χ1n) is 5.09. The number of nitrogens with one attached hydrogen (secondary N) is 2. The summed E-state index contributed by atoms with van der Waals surface area (Å²) in [6.45, 7) is 3.89. The molecule has 1 amide bonds. The van der Waals surface area contributed by atoms with Gasteiger partial charge in [-0.15, -0.1) is 6.58 Å². The van der Waals surface area contributed by atoms with E-state index in [1.54, 1.807) is 6.08 Å². The zero-order chi connectivity index (χ0) is 14.4. The molecule has 0 aliphatic rings. The van der Waals surface area contributed by atoms with Crippen molar-refractivity contribution in [3.05, 3.63) is 51.6 Å². The molecule has 100 valence electrons. The Morgan fingerprint density at radius 3 is 2.84 bits per heavy atom. The molecule has 0 atom stereocenters. The van der Waals surface area contributed by atoms with Crippen LogP contribution in [-0.4, -0.2) is 22.5 Å². The lowest BCUT2D eigenvalue weighted by Gasteiger charge is -2.07. The van der Waals surface area contributed by atoms with E-state index >= 15 is 0 Å². The zero-order valence-electron chi connectivity index (χ0n) is 9.68. The standard InChI is InChI=1S/C11H10ClN3O3S/c1-2-5-13-11(19)14-10(16)7-3-4-8(12)9(6-7)15(17)18/h2-4,6H,1,5H2,(H2,13,14,16,19). The van der Waals surface area contributed by atoms with E-state index in [-0.39, 0.29) is 21.4 Å². The number of benzene rings is 1. The Bertz CT molecular complexity index is 548. The average Bonchev–Trinajstić information content (AvgIpc) is 2.36. The third-order valence-corrected chi connectivity index (χ3v) is 2.61. The number of carbonyl (C=O) groups is 1. The summed E-state index contributed by atoms with van der Waals surface area (Å²) in [5.41, 5.74) is -0.238. The van der Waals surface area contributed by atoms with E-state index in [1.807, 2.05) is 0 Å². The molecule has 0 saturated carbocycles. The number of nitro benzene ring substituents is 1. The van der Waals surface area contributed by atoms with Crippen molar-refractivity contribution in [3.63, 3.8) is 0 Å². The van der Waals surface area contributed by atoms with Gasteiger partial charge in [0.15, 0.2) is 5.11 Å². The van der Waals surface area contributed by atoms with Gasteiger partial charge >= 0.3 is 0 Å². The molecule has 1 aromatic carbocycles. The third kappa shape index (κ3) is 4.31. The van der Waals surface area contributed by atoms with Gasteiger partial charge in [0, 0.05) is 18.2 Å². The Morgan fingerprint density at radius 1 is 1.58 bits per heavy atom. The third-order valence-electron chi connectivity index (χ3n) is 2.04. The van der Waals surface area contributed by atoms with Gasteiger partial charge < -0.3 is 5.32 Å². The van der Waals surface area contributed by atoms with Crippen LogP contribution in [-0.2, 0) is 0 Å². The normalized spacial score (nSPS) is 9.53. The molecule has 0 unspecified atom stereocenters. The monoisotopic (exact) mass is 299 g/mol. The number of halogens is 1. The van der Waals surface area contributed by atoms with Crippen LogP contribution >= 0.6 is 23.8 Å². The summed E-state index contributed by atoms with van der Waals surface area (Å²) in [4.78, 5) is 21.8. The molecular formula is C11H10ClN3O3S. The van der Waals surface area contributed by atoms with E-state index in [1.165, 1.54) is 12.1 Å². The van der Waals surface area contributed by atoms with E-state index in [0.717, 1.165) is 6.07 Å². The summed E-state index contributed by atoms with van der Waals surface area (Å²) in [5.74, 6) is -0.554. The summed E-state index contributed by atoms with van der Waals surface area (Å²) >= 11 is 10.5. The molecule has 6 nitrogen and oxygen atoms in total. The minimum Gasteiger partial charge on any atom is -0.359 e. The molecule has 0 aliphatic carbocycles. The second kappa shape index (κ2) is 6.81. The van der Waals surface area contributed by atoms with Gasteiger partial charge in [-0.2, -0.15) is 0 Å². The Balaban J connectivity index is 2.83. The summed E-state index contributed by atoms with van der Waals surface area (Å²) in [6, 6.07) is 3.75. The molecule has 0 aliphatic heterocycles. The largest absolute Gasteiger partial charge is 0.359 e. The Hall–Kier alpha value is -1.99. The SMILES string of the molecule is C=CCNC(=S)NC(=O)c1ccc(Cl)c([N+](=O)[O-])c1. The van der Waals surface area contributed by atoms with Crippen LogP contribution in [0, 0.1) is 10.1 Å². The first-order valence-corrected chi connectivity index (χ1v) is 5.88. The van der Waals surface area contributed by atoms with Crippen LogP contribution in [0.3, 0.4) is 0 Å². The summed E-state index contributed by atoms with van der Waals surface area (Å²) in [6.07, 6.45) is 1.57. The molecule has 0 radical (unpaired) electrons. The van der Waals surface area contributed by atoms with E-state index in [0.29, 0.717) is 6.54 Å². The number of nitrogens with zero attached hydrogens (tertiary/aromatic N) is 1. The van der Waals surface area contributed by atoms with Crippen LogP contribution < -0.4 is 10.6 Å². The second-order valence-corrected chi connectivity index (χ2v) is 4.19. The minimum absolute atomic E-state index is 0.0334. The smallest absolute Gasteiger partial charge is 0.288 e. The van der Waals surface area contributed by atoms with Crippen molar-refractivity contribution in [1.82, 2.24) is 10.6 Å². The van der Waals surface area contributed by atoms with Crippen molar-refractivity contribution in [2.24, 2.45) is 0 Å². The lowest BCUT2D eigenvalue weighted by atomic mass is 10.2. The van der Waals surface area contributed by atoms with Crippen LogP contribution in [0.4, 0.5) is 5.69 Å². The van der Waals surface area contributed by atoms with Crippen LogP contribution in [0.5, 0.6) is 0 Å². The maximum absolute atomic E-state index is 11.8.